The molecule has 1 aromatic rings. The van der Waals surface area contributed by atoms with Crippen LogP contribution in [-0.2, 0) is 0 Å². The summed E-state index contributed by atoms with van der Waals surface area (Å²) in [5.74, 6) is 0.189. The molecule has 1 heterocycles. The summed E-state index contributed by atoms with van der Waals surface area (Å²) < 4.78 is 0. The summed E-state index contributed by atoms with van der Waals surface area (Å²) in [5, 5.41) is 17.4. The second kappa shape index (κ2) is 8.03. The number of nitrogens with one attached hydrogen (secondary N) is 2. The Bertz CT molecular complexity index is 673. The lowest BCUT2D eigenvalue weighted by atomic mass is 9.97. The zero-order chi connectivity index (χ0) is 18.7. The van der Waals surface area contributed by atoms with E-state index in [1.807, 2.05) is 0 Å². The maximum atomic E-state index is 12.5. The lowest BCUT2D eigenvalue weighted by Crippen LogP contribution is -2.43. The minimum atomic E-state index is -0.427. The maximum Gasteiger partial charge on any atom is 0.293 e. The molecule has 1 amide bonds. The lowest BCUT2D eigenvalue weighted by Gasteiger charge is -2.35. The highest BCUT2D eigenvalue weighted by Gasteiger charge is 2.26. The number of carbonyl (C=O) groups excluding carboxylic acids is 1. The number of hydrogen-bond donors (Lipinski definition) is 2. The van der Waals surface area contributed by atoms with Gasteiger partial charge in [0, 0.05) is 36.8 Å². The van der Waals surface area contributed by atoms with Crippen LogP contribution in [0.25, 0.3) is 0 Å². The van der Waals surface area contributed by atoms with Crippen LogP contribution >= 0.6 is 0 Å². The van der Waals surface area contributed by atoms with Crippen molar-refractivity contribution in [2.24, 2.45) is 5.92 Å². The van der Waals surface area contributed by atoms with Gasteiger partial charge in [-0.2, -0.15) is 0 Å². The first-order chi connectivity index (χ1) is 12.4. The predicted octanol–water partition coefficient (Wildman–Crippen LogP) is 3.02. The van der Waals surface area contributed by atoms with Crippen molar-refractivity contribution in [1.82, 2.24) is 10.2 Å². The molecule has 1 saturated heterocycles. The molecule has 1 aromatic carbocycles. The third-order valence-corrected chi connectivity index (χ3v) is 5.23. The highest BCUT2D eigenvalue weighted by molar-refractivity contribution is 5.95. The van der Waals surface area contributed by atoms with Gasteiger partial charge in [0.2, 0.25) is 0 Å². The van der Waals surface area contributed by atoms with Crippen LogP contribution in [0.4, 0.5) is 11.4 Å². The van der Waals surface area contributed by atoms with E-state index in [1.165, 1.54) is 6.07 Å². The maximum absolute atomic E-state index is 12.5. The van der Waals surface area contributed by atoms with Gasteiger partial charge in [-0.15, -0.1) is 0 Å². The van der Waals surface area contributed by atoms with E-state index in [9.17, 15) is 14.9 Å². The van der Waals surface area contributed by atoms with E-state index in [2.05, 4.69) is 29.4 Å². The summed E-state index contributed by atoms with van der Waals surface area (Å²) in [4.78, 5) is 25.8. The van der Waals surface area contributed by atoms with Gasteiger partial charge in [0.15, 0.2) is 0 Å². The van der Waals surface area contributed by atoms with E-state index in [0.29, 0.717) is 35.8 Å². The summed E-state index contributed by atoms with van der Waals surface area (Å²) in [7, 11) is 0. The molecule has 3 rings (SSSR count). The van der Waals surface area contributed by atoms with Crippen molar-refractivity contribution in [3.63, 3.8) is 0 Å². The Labute approximate surface area is 154 Å². The molecule has 1 unspecified atom stereocenters. The van der Waals surface area contributed by atoms with Gasteiger partial charge in [-0.1, -0.05) is 0 Å². The number of piperidine rings is 1. The molecule has 1 saturated carbocycles. The Morgan fingerprint density at radius 3 is 2.77 bits per heavy atom. The number of hydrogen-bond acceptors (Lipinski definition) is 5. The Morgan fingerprint density at radius 1 is 1.35 bits per heavy atom. The average molecular weight is 360 g/mol. The number of rotatable bonds is 7. The summed E-state index contributed by atoms with van der Waals surface area (Å²) in [6.07, 6.45) is 4.32. The smallest absolute Gasteiger partial charge is 0.293 e. The van der Waals surface area contributed by atoms with E-state index in [-0.39, 0.29) is 11.6 Å². The molecule has 0 bridgehead atoms. The van der Waals surface area contributed by atoms with Gasteiger partial charge in [0.1, 0.15) is 5.69 Å². The van der Waals surface area contributed by atoms with Gasteiger partial charge in [-0.05, 0) is 64.1 Å². The molecule has 2 fully saturated rings. The fourth-order valence-electron chi connectivity index (χ4n) is 3.47. The molecule has 0 aromatic heterocycles. The first-order valence-electron chi connectivity index (χ1n) is 9.51. The minimum Gasteiger partial charge on any atom is -0.377 e. The first kappa shape index (κ1) is 18.6. The van der Waals surface area contributed by atoms with Crippen molar-refractivity contribution >= 4 is 17.3 Å². The Kier molecular flexibility index (Phi) is 5.76. The fourth-order valence-corrected chi connectivity index (χ4v) is 3.47. The topological polar surface area (TPSA) is 87.5 Å². The summed E-state index contributed by atoms with van der Waals surface area (Å²) in [6, 6.07) is 5.52. The summed E-state index contributed by atoms with van der Waals surface area (Å²) in [5.41, 5.74) is 0.802. The molecule has 0 radical (unpaired) electrons. The van der Waals surface area contributed by atoms with Crippen molar-refractivity contribution in [2.45, 2.75) is 51.6 Å². The van der Waals surface area contributed by atoms with Crippen molar-refractivity contribution in [1.29, 1.82) is 0 Å². The van der Waals surface area contributed by atoms with Crippen LogP contribution in [0, 0.1) is 16.0 Å². The van der Waals surface area contributed by atoms with Crippen molar-refractivity contribution in [3.05, 3.63) is 33.9 Å². The monoisotopic (exact) mass is 360 g/mol. The number of amides is 1. The highest BCUT2D eigenvalue weighted by Crippen LogP contribution is 2.31. The minimum absolute atomic E-state index is 0.0341. The largest absolute Gasteiger partial charge is 0.377 e. The number of anilines is 1. The van der Waals surface area contributed by atoms with E-state index in [4.69, 9.17) is 0 Å². The number of benzene rings is 1. The van der Waals surface area contributed by atoms with Gasteiger partial charge in [0.05, 0.1) is 4.92 Å². The molecule has 26 heavy (non-hydrogen) atoms. The first-order valence-corrected chi connectivity index (χ1v) is 9.51. The molecule has 7 nitrogen and oxygen atoms in total. The quantitative estimate of drug-likeness (QED) is 0.576. The number of likely N-dealkylation sites (tertiary alicyclic amines) is 1. The zero-order valence-electron chi connectivity index (χ0n) is 15.5. The molecule has 2 N–H and O–H groups in total. The van der Waals surface area contributed by atoms with E-state index in [0.717, 1.165) is 38.8 Å². The second-order valence-electron chi connectivity index (χ2n) is 7.71. The van der Waals surface area contributed by atoms with Gasteiger partial charge in [0.25, 0.3) is 11.6 Å². The van der Waals surface area contributed by atoms with Gasteiger partial charge in [-0.25, -0.2) is 0 Å². The SMILES string of the molecule is CC(C)N1CCCC(CNC(=O)c2ccc(NC3CC3)c([N+](=O)[O-])c2)C1. The standard InChI is InChI=1S/C19H28N4O3/c1-13(2)22-9-3-4-14(12-22)11-20-19(24)15-5-8-17(21-16-6-7-16)18(10-15)23(25)26/h5,8,10,13-14,16,21H,3-4,6-7,9,11-12H2,1-2H3,(H,20,24). The van der Waals surface area contributed by atoms with Gasteiger partial charge < -0.3 is 15.5 Å². The van der Waals surface area contributed by atoms with Crippen LogP contribution in [-0.4, -0.2) is 47.4 Å². The van der Waals surface area contributed by atoms with Crippen molar-refractivity contribution in [3.8, 4) is 0 Å². The average Bonchev–Trinajstić information content (AvgIpc) is 3.44. The number of carbonyl (C=O) groups is 1. The molecule has 1 aliphatic heterocycles. The lowest BCUT2D eigenvalue weighted by molar-refractivity contribution is -0.384. The molecular formula is C19H28N4O3. The summed E-state index contributed by atoms with van der Waals surface area (Å²) >= 11 is 0. The molecule has 1 atom stereocenters. The number of nitrogens with zero attached hydrogens (tertiary/aromatic N) is 2. The molecule has 7 heteroatoms. The third kappa shape index (κ3) is 4.72. The summed E-state index contributed by atoms with van der Waals surface area (Å²) in [6.45, 7) is 7.10. The van der Waals surface area contributed by atoms with E-state index < -0.39 is 4.92 Å². The van der Waals surface area contributed by atoms with Crippen LogP contribution in [0.15, 0.2) is 18.2 Å². The third-order valence-electron chi connectivity index (χ3n) is 5.23. The van der Waals surface area contributed by atoms with E-state index in [1.54, 1.807) is 12.1 Å². The molecular weight excluding hydrogens is 332 g/mol. The van der Waals surface area contributed by atoms with Gasteiger partial charge in [-0.3, -0.25) is 14.9 Å². The Balaban J connectivity index is 1.60. The molecule has 142 valence electrons. The Morgan fingerprint density at radius 2 is 2.12 bits per heavy atom. The zero-order valence-corrected chi connectivity index (χ0v) is 15.5. The number of nitro groups is 1. The van der Waals surface area contributed by atoms with E-state index >= 15 is 0 Å². The van der Waals surface area contributed by atoms with Gasteiger partial charge >= 0.3 is 0 Å². The van der Waals surface area contributed by atoms with Crippen molar-refractivity contribution in [2.75, 3.05) is 25.0 Å². The van der Waals surface area contributed by atoms with Crippen LogP contribution in [0.5, 0.6) is 0 Å². The van der Waals surface area contributed by atoms with Crippen LogP contribution in [0.3, 0.4) is 0 Å². The van der Waals surface area contributed by atoms with Crippen LogP contribution in [0.2, 0.25) is 0 Å². The van der Waals surface area contributed by atoms with Crippen molar-refractivity contribution < 1.29 is 9.72 Å². The predicted molar refractivity (Wildman–Crippen MR) is 102 cm³/mol. The second-order valence-corrected chi connectivity index (χ2v) is 7.71. The Hall–Kier alpha value is -2.15. The van der Waals surface area contributed by atoms with Crippen LogP contribution < -0.4 is 10.6 Å². The number of nitro benzene ring substituents is 1. The normalized spacial score (nSPS) is 20.8. The molecule has 2 aliphatic rings. The molecule has 0 spiro atoms. The molecule has 1 aliphatic carbocycles. The fraction of sp³-hybridized carbons (Fsp3) is 0.632. The van der Waals surface area contributed by atoms with Crippen LogP contribution in [0.1, 0.15) is 49.9 Å². The highest BCUT2D eigenvalue weighted by atomic mass is 16.6.